The fourth-order valence-electron chi connectivity index (χ4n) is 4.13. The summed E-state index contributed by atoms with van der Waals surface area (Å²) in [5, 5.41) is 6.54. The summed E-state index contributed by atoms with van der Waals surface area (Å²) in [5.41, 5.74) is 4.65. The number of hydrazine groups is 1. The number of amides is 3. The van der Waals surface area contributed by atoms with Crippen LogP contribution in [0.2, 0.25) is 0 Å². The largest absolute Gasteiger partial charge is 0.444 e. The van der Waals surface area contributed by atoms with Crippen molar-refractivity contribution >= 4 is 23.7 Å². The van der Waals surface area contributed by atoms with Crippen molar-refractivity contribution in [1.29, 1.82) is 0 Å². The van der Waals surface area contributed by atoms with E-state index in [0.717, 1.165) is 21.7 Å². The minimum Gasteiger partial charge on any atom is -0.444 e. The van der Waals surface area contributed by atoms with Gasteiger partial charge in [0.1, 0.15) is 17.1 Å². The van der Waals surface area contributed by atoms with Crippen LogP contribution in [0.25, 0.3) is 0 Å². The van der Waals surface area contributed by atoms with Crippen LogP contribution in [0.15, 0.2) is 41.6 Å². The standard InChI is InChI=1S/C28H36F2N6O4/c1-17-10-12-36(33-16-28(29,30)22-9-7-8-11-31-22)25(38)20(17)14-24(37)32-15-21-18(2)13-23(34-19(21)3)35-26(39)40-27(4,5)6/h7-9,11,13,33H,10,12,14-16H2,1-6H3,(H,32,37)(H,34,35,39). The molecule has 2 aromatic rings. The van der Waals surface area contributed by atoms with E-state index in [0.29, 0.717) is 17.9 Å². The third kappa shape index (κ3) is 8.28. The van der Waals surface area contributed by atoms with Crippen LogP contribution in [0.3, 0.4) is 0 Å². The molecular weight excluding hydrogens is 522 g/mol. The molecule has 0 spiro atoms. The highest BCUT2D eigenvalue weighted by molar-refractivity contribution is 5.99. The number of carbonyl (C=O) groups excluding carboxylic acids is 3. The zero-order valence-corrected chi connectivity index (χ0v) is 23.7. The van der Waals surface area contributed by atoms with Crippen LogP contribution in [-0.2, 0) is 26.8 Å². The SMILES string of the molecule is CC1=C(CC(=O)NCc2c(C)cc(NC(=O)OC(C)(C)C)nc2C)C(=O)N(NCC(F)(F)c2ccccn2)CC1. The Kier molecular flexibility index (Phi) is 9.56. The molecule has 0 bridgehead atoms. The van der Waals surface area contributed by atoms with E-state index >= 15 is 0 Å². The minimum atomic E-state index is -3.28. The lowest BCUT2D eigenvalue weighted by atomic mass is 9.98. The number of anilines is 1. The number of nitrogens with one attached hydrogen (secondary N) is 3. The maximum Gasteiger partial charge on any atom is 0.413 e. The van der Waals surface area contributed by atoms with Gasteiger partial charge in [-0.2, -0.15) is 8.78 Å². The number of ether oxygens (including phenoxy) is 1. The molecule has 0 saturated carbocycles. The molecule has 0 saturated heterocycles. The number of carbonyl (C=O) groups is 3. The summed E-state index contributed by atoms with van der Waals surface area (Å²) in [5.74, 6) is -3.86. The van der Waals surface area contributed by atoms with Gasteiger partial charge in [0.05, 0.1) is 13.0 Å². The molecule has 10 nitrogen and oxygen atoms in total. The summed E-state index contributed by atoms with van der Waals surface area (Å²) in [6.45, 7) is 10.2. The smallest absolute Gasteiger partial charge is 0.413 e. The van der Waals surface area contributed by atoms with E-state index in [2.05, 4.69) is 26.0 Å². The number of hydrogen-bond donors (Lipinski definition) is 3. The first-order chi connectivity index (χ1) is 18.7. The summed E-state index contributed by atoms with van der Waals surface area (Å²) in [4.78, 5) is 46.0. The van der Waals surface area contributed by atoms with E-state index in [-0.39, 0.29) is 25.1 Å². The lowest BCUT2D eigenvalue weighted by molar-refractivity contribution is -0.134. The van der Waals surface area contributed by atoms with Gasteiger partial charge in [-0.05, 0) is 77.3 Å². The first kappa shape index (κ1) is 30.6. The number of nitrogens with zero attached hydrogens (tertiary/aromatic N) is 3. The molecule has 0 fully saturated rings. The summed E-state index contributed by atoms with van der Waals surface area (Å²) in [6, 6.07) is 5.92. The number of alkyl halides is 2. The Balaban J connectivity index is 1.58. The third-order valence-corrected chi connectivity index (χ3v) is 6.24. The Morgan fingerprint density at radius 2 is 1.88 bits per heavy atom. The fourth-order valence-corrected chi connectivity index (χ4v) is 4.13. The molecule has 216 valence electrons. The predicted molar refractivity (Wildman–Crippen MR) is 145 cm³/mol. The van der Waals surface area contributed by atoms with Gasteiger partial charge in [0.2, 0.25) is 5.91 Å². The van der Waals surface area contributed by atoms with Crippen LogP contribution in [0.1, 0.15) is 63.1 Å². The van der Waals surface area contributed by atoms with Crippen molar-refractivity contribution in [1.82, 2.24) is 25.7 Å². The summed E-state index contributed by atoms with van der Waals surface area (Å²) in [6.07, 6.45) is 0.921. The molecule has 1 aliphatic heterocycles. The molecule has 0 aromatic carbocycles. The molecular formula is C28H36F2N6O4. The molecule has 3 amide bonds. The molecule has 1 aliphatic rings. The van der Waals surface area contributed by atoms with Crippen molar-refractivity contribution in [2.45, 2.75) is 72.5 Å². The van der Waals surface area contributed by atoms with Crippen LogP contribution in [0.5, 0.6) is 0 Å². The number of pyridine rings is 2. The van der Waals surface area contributed by atoms with Gasteiger partial charge in [-0.1, -0.05) is 11.6 Å². The van der Waals surface area contributed by atoms with E-state index in [9.17, 15) is 23.2 Å². The Morgan fingerprint density at radius 1 is 1.15 bits per heavy atom. The average molecular weight is 559 g/mol. The maximum atomic E-state index is 14.5. The Labute approximate surface area is 232 Å². The van der Waals surface area contributed by atoms with Gasteiger partial charge in [-0.25, -0.2) is 15.2 Å². The Bertz CT molecular complexity index is 1270. The van der Waals surface area contributed by atoms with Gasteiger partial charge in [0, 0.05) is 30.6 Å². The van der Waals surface area contributed by atoms with Crippen molar-refractivity contribution in [3.05, 3.63) is 64.1 Å². The topological polar surface area (TPSA) is 126 Å². The van der Waals surface area contributed by atoms with Crippen LogP contribution >= 0.6 is 0 Å². The van der Waals surface area contributed by atoms with Crippen LogP contribution in [0, 0.1) is 13.8 Å². The average Bonchev–Trinajstić information content (AvgIpc) is 2.85. The minimum absolute atomic E-state index is 0.162. The van der Waals surface area contributed by atoms with Gasteiger partial charge < -0.3 is 10.1 Å². The van der Waals surface area contributed by atoms with Gasteiger partial charge >= 0.3 is 12.0 Å². The van der Waals surface area contributed by atoms with Crippen molar-refractivity contribution < 1.29 is 27.9 Å². The highest BCUT2D eigenvalue weighted by Gasteiger charge is 2.35. The van der Waals surface area contributed by atoms with Crippen molar-refractivity contribution in [2.24, 2.45) is 0 Å². The third-order valence-electron chi connectivity index (χ3n) is 6.24. The second-order valence-corrected chi connectivity index (χ2v) is 10.7. The molecule has 0 unspecified atom stereocenters. The molecule has 3 N–H and O–H groups in total. The van der Waals surface area contributed by atoms with E-state index in [1.807, 2.05) is 6.92 Å². The maximum absolute atomic E-state index is 14.5. The van der Waals surface area contributed by atoms with E-state index < -0.39 is 41.7 Å². The van der Waals surface area contributed by atoms with Gasteiger partial charge in [0.15, 0.2) is 0 Å². The first-order valence-corrected chi connectivity index (χ1v) is 12.9. The van der Waals surface area contributed by atoms with Crippen molar-refractivity contribution in [3.8, 4) is 0 Å². The molecule has 40 heavy (non-hydrogen) atoms. The number of aromatic nitrogens is 2. The zero-order chi connectivity index (χ0) is 29.7. The fraction of sp³-hybridized carbons (Fsp3) is 0.464. The van der Waals surface area contributed by atoms with Crippen LogP contribution < -0.4 is 16.1 Å². The number of halogens is 2. The molecule has 2 aromatic heterocycles. The molecule has 12 heteroatoms. The number of aryl methyl sites for hydroxylation is 2. The Hall–Kier alpha value is -3.93. The highest BCUT2D eigenvalue weighted by Crippen LogP contribution is 2.26. The van der Waals surface area contributed by atoms with Gasteiger partial charge in [-0.3, -0.25) is 24.9 Å². The molecule has 0 aliphatic carbocycles. The first-order valence-electron chi connectivity index (χ1n) is 12.9. The molecule has 3 heterocycles. The van der Waals surface area contributed by atoms with E-state index in [1.54, 1.807) is 46.8 Å². The molecule has 0 atom stereocenters. The van der Waals surface area contributed by atoms with Crippen LogP contribution in [0.4, 0.5) is 19.4 Å². The predicted octanol–water partition coefficient (Wildman–Crippen LogP) is 4.29. The molecule has 0 radical (unpaired) electrons. The summed E-state index contributed by atoms with van der Waals surface area (Å²) < 4.78 is 34.3. The normalized spacial score (nSPS) is 14.3. The highest BCUT2D eigenvalue weighted by atomic mass is 19.3. The summed E-state index contributed by atoms with van der Waals surface area (Å²) >= 11 is 0. The zero-order valence-electron chi connectivity index (χ0n) is 23.7. The van der Waals surface area contributed by atoms with Gasteiger partial charge in [0.25, 0.3) is 5.91 Å². The quantitative estimate of drug-likeness (QED) is 0.419. The van der Waals surface area contributed by atoms with E-state index in [1.165, 1.54) is 18.3 Å². The van der Waals surface area contributed by atoms with E-state index in [4.69, 9.17) is 4.74 Å². The number of rotatable bonds is 9. The second kappa shape index (κ2) is 12.5. The van der Waals surface area contributed by atoms with Crippen molar-refractivity contribution in [2.75, 3.05) is 18.4 Å². The van der Waals surface area contributed by atoms with Crippen LogP contribution in [-0.4, -0.2) is 51.6 Å². The lowest BCUT2D eigenvalue weighted by Gasteiger charge is -2.31. The second-order valence-electron chi connectivity index (χ2n) is 10.7. The van der Waals surface area contributed by atoms with Gasteiger partial charge in [-0.15, -0.1) is 0 Å². The lowest BCUT2D eigenvalue weighted by Crippen LogP contribution is -2.50. The monoisotopic (exact) mass is 558 g/mol. The Morgan fingerprint density at radius 3 is 2.50 bits per heavy atom. The molecule has 3 rings (SSSR count). The van der Waals surface area contributed by atoms with Crippen molar-refractivity contribution in [3.63, 3.8) is 0 Å². The summed E-state index contributed by atoms with van der Waals surface area (Å²) in [7, 11) is 0. The number of hydrogen-bond acceptors (Lipinski definition) is 7.